The van der Waals surface area contributed by atoms with Crippen molar-refractivity contribution < 1.29 is 9.53 Å². The van der Waals surface area contributed by atoms with Crippen molar-refractivity contribution in [2.75, 3.05) is 25.1 Å². The second kappa shape index (κ2) is 6.11. The van der Waals surface area contributed by atoms with Gasteiger partial charge in [0.1, 0.15) is 12.1 Å². The molecule has 3 aromatic heterocycles. The van der Waals surface area contributed by atoms with Crippen LogP contribution in [0.2, 0.25) is 0 Å². The SMILES string of the molecule is COC(=O)c1cn(C2CCCN(c3cc(C)nc4ncnn34)C2)nn1. The number of aromatic nitrogens is 7. The van der Waals surface area contributed by atoms with Gasteiger partial charge in [-0.25, -0.2) is 14.5 Å². The molecule has 0 saturated carbocycles. The van der Waals surface area contributed by atoms with E-state index in [2.05, 4.69) is 35.0 Å². The predicted molar refractivity (Wildman–Crippen MR) is 87.4 cm³/mol. The van der Waals surface area contributed by atoms with Crippen molar-refractivity contribution in [3.63, 3.8) is 0 Å². The third kappa shape index (κ3) is 2.79. The Morgan fingerprint density at radius 3 is 3.12 bits per heavy atom. The number of carbonyl (C=O) groups excluding carboxylic acids is 1. The van der Waals surface area contributed by atoms with Gasteiger partial charge in [0.15, 0.2) is 5.69 Å². The Kier molecular flexibility index (Phi) is 3.79. The van der Waals surface area contributed by atoms with E-state index >= 15 is 0 Å². The van der Waals surface area contributed by atoms with Crippen molar-refractivity contribution in [3.8, 4) is 0 Å². The van der Waals surface area contributed by atoms with E-state index in [4.69, 9.17) is 0 Å². The number of fused-ring (bicyclic) bond motifs is 1. The summed E-state index contributed by atoms with van der Waals surface area (Å²) in [6.45, 7) is 3.59. The fourth-order valence-corrected chi connectivity index (χ4v) is 3.17. The summed E-state index contributed by atoms with van der Waals surface area (Å²) in [6.07, 6.45) is 5.11. The number of esters is 1. The lowest BCUT2D eigenvalue weighted by Crippen LogP contribution is -2.38. The summed E-state index contributed by atoms with van der Waals surface area (Å²) in [6, 6.07) is 2.12. The second-order valence-electron chi connectivity index (χ2n) is 6.05. The second-order valence-corrected chi connectivity index (χ2v) is 6.05. The van der Waals surface area contributed by atoms with Gasteiger partial charge in [-0.1, -0.05) is 5.21 Å². The molecule has 1 atom stereocenters. The van der Waals surface area contributed by atoms with Crippen molar-refractivity contribution in [2.24, 2.45) is 0 Å². The zero-order valence-corrected chi connectivity index (χ0v) is 14.0. The summed E-state index contributed by atoms with van der Waals surface area (Å²) in [4.78, 5) is 22.4. The van der Waals surface area contributed by atoms with E-state index in [9.17, 15) is 4.79 Å². The summed E-state index contributed by atoms with van der Waals surface area (Å²) in [5, 5.41) is 12.3. The van der Waals surface area contributed by atoms with Gasteiger partial charge in [-0.3, -0.25) is 0 Å². The molecule has 25 heavy (non-hydrogen) atoms. The number of methoxy groups -OCH3 is 1. The summed E-state index contributed by atoms with van der Waals surface area (Å²) < 4.78 is 8.18. The number of anilines is 1. The Hall–Kier alpha value is -3.04. The molecule has 0 spiro atoms. The maximum absolute atomic E-state index is 11.6. The first-order valence-corrected chi connectivity index (χ1v) is 8.08. The number of aryl methyl sites for hydroxylation is 1. The predicted octanol–water partition coefficient (Wildman–Crippen LogP) is 0.652. The third-order valence-corrected chi connectivity index (χ3v) is 4.36. The smallest absolute Gasteiger partial charge is 0.360 e. The standard InChI is InChI=1S/C15H18N8O2/c1-10-6-13(23-15(18-10)16-9-17-23)21-5-3-4-11(7-21)22-8-12(19-20-22)14(24)25-2/h6,8-9,11H,3-5,7H2,1-2H3. The van der Waals surface area contributed by atoms with Gasteiger partial charge < -0.3 is 9.64 Å². The van der Waals surface area contributed by atoms with Crippen LogP contribution >= 0.6 is 0 Å². The van der Waals surface area contributed by atoms with E-state index in [1.807, 2.05) is 13.0 Å². The number of carbonyl (C=O) groups is 1. The highest BCUT2D eigenvalue weighted by atomic mass is 16.5. The number of hydrogen-bond donors (Lipinski definition) is 0. The zero-order chi connectivity index (χ0) is 17.4. The minimum Gasteiger partial charge on any atom is -0.464 e. The molecule has 0 aliphatic carbocycles. The van der Waals surface area contributed by atoms with Crippen LogP contribution in [-0.4, -0.2) is 60.7 Å². The average Bonchev–Trinajstić information content (AvgIpc) is 3.29. The van der Waals surface area contributed by atoms with Crippen molar-refractivity contribution in [1.29, 1.82) is 0 Å². The normalized spacial score (nSPS) is 17.8. The highest BCUT2D eigenvalue weighted by molar-refractivity contribution is 5.86. The quantitative estimate of drug-likeness (QED) is 0.639. The van der Waals surface area contributed by atoms with Gasteiger partial charge >= 0.3 is 5.97 Å². The lowest BCUT2D eigenvalue weighted by molar-refractivity contribution is 0.0594. The van der Waals surface area contributed by atoms with Crippen LogP contribution in [0.15, 0.2) is 18.6 Å². The van der Waals surface area contributed by atoms with Gasteiger partial charge in [-0.2, -0.15) is 14.6 Å². The van der Waals surface area contributed by atoms with Gasteiger partial charge in [0.25, 0.3) is 5.78 Å². The van der Waals surface area contributed by atoms with Gasteiger partial charge in [0.05, 0.1) is 19.3 Å². The fourth-order valence-electron chi connectivity index (χ4n) is 3.17. The molecular weight excluding hydrogens is 324 g/mol. The van der Waals surface area contributed by atoms with Crippen LogP contribution in [0, 0.1) is 6.92 Å². The maximum atomic E-state index is 11.6. The van der Waals surface area contributed by atoms with Gasteiger partial charge in [0.2, 0.25) is 0 Å². The Bertz CT molecular complexity index is 917. The molecule has 0 aromatic carbocycles. The Morgan fingerprint density at radius 2 is 2.28 bits per heavy atom. The van der Waals surface area contributed by atoms with E-state index in [0.29, 0.717) is 5.78 Å². The number of piperidine rings is 1. The van der Waals surface area contributed by atoms with Crippen LogP contribution in [0.1, 0.15) is 35.1 Å². The van der Waals surface area contributed by atoms with Crippen LogP contribution < -0.4 is 4.90 Å². The minimum absolute atomic E-state index is 0.117. The summed E-state index contributed by atoms with van der Waals surface area (Å²) in [7, 11) is 1.33. The number of hydrogen-bond acceptors (Lipinski definition) is 8. The first-order chi connectivity index (χ1) is 12.2. The van der Waals surface area contributed by atoms with Crippen LogP contribution in [0.25, 0.3) is 5.78 Å². The van der Waals surface area contributed by atoms with Crippen molar-refractivity contribution >= 4 is 17.6 Å². The van der Waals surface area contributed by atoms with E-state index < -0.39 is 5.97 Å². The van der Waals surface area contributed by atoms with Gasteiger partial charge in [0, 0.05) is 24.8 Å². The topological polar surface area (TPSA) is 103 Å². The molecule has 130 valence electrons. The lowest BCUT2D eigenvalue weighted by atomic mass is 10.1. The molecule has 1 saturated heterocycles. The van der Waals surface area contributed by atoms with E-state index in [1.54, 1.807) is 15.4 Å². The third-order valence-electron chi connectivity index (χ3n) is 4.36. The molecule has 10 heteroatoms. The Morgan fingerprint density at radius 1 is 1.40 bits per heavy atom. The molecule has 0 N–H and O–H groups in total. The molecule has 0 bridgehead atoms. The Balaban J connectivity index is 1.61. The van der Waals surface area contributed by atoms with E-state index in [-0.39, 0.29) is 11.7 Å². The number of ether oxygens (including phenoxy) is 1. The van der Waals surface area contributed by atoms with E-state index in [0.717, 1.165) is 37.4 Å². The van der Waals surface area contributed by atoms with Gasteiger partial charge in [-0.05, 0) is 19.8 Å². The van der Waals surface area contributed by atoms with Crippen molar-refractivity contribution in [3.05, 3.63) is 30.0 Å². The molecular formula is C15H18N8O2. The molecule has 3 aromatic rings. The molecule has 10 nitrogen and oxygen atoms in total. The van der Waals surface area contributed by atoms with Crippen molar-refractivity contribution in [1.82, 2.24) is 34.6 Å². The highest BCUT2D eigenvalue weighted by Crippen LogP contribution is 2.26. The fraction of sp³-hybridized carbons (Fsp3) is 0.467. The van der Waals surface area contributed by atoms with Crippen LogP contribution in [0.5, 0.6) is 0 Å². The van der Waals surface area contributed by atoms with Crippen molar-refractivity contribution in [2.45, 2.75) is 25.8 Å². The summed E-state index contributed by atoms with van der Waals surface area (Å²) in [5.74, 6) is 1.07. The number of nitrogens with zero attached hydrogens (tertiary/aromatic N) is 8. The molecule has 4 heterocycles. The summed E-state index contributed by atoms with van der Waals surface area (Å²) in [5.41, 5.74) is 1.12. The lowest BCUT2D eigenvalue weighted by Gasteiger charge is -2.34. The first kappa shape index (κ1) is 15.5. The van der Waals surface area contributed by atoms with Crippen LogP contribution in [0.4, 0.5) is 5.82 Å². The number of rotatable bonds is 3. The van der Waals surface area contributed by atoms with Crippen LogP contribution in [-0.2, 0) is 4.74 Å². The first-order valence-electron chi connectivity index (χ1n) is 8.08. The largest absolute Gasteiger partial charge is 0.464 e. The minimum atomic E-state index is -0.479. The molecule has 1 aliphatic heterocycles. The molecule has 1 fully saturated rings. The Labute approximate surface area is 143 Å². The van der Waals surface area contributed by atoms with E-state index in [1.165, 1.54) is 13.4 Å². The molecule has 1 aliphatic rings. The molecule has 0 radical (unpaired) electrons. The maximum Gasteiger partial charge on any atom is 0.360 e. The molecule has 4 rings (SSSR count). The van der Waals surface area contributed by atoms with Gasteiger partial charge in [-0.15, -0.1) is 5.10 Å². The molecule has 0 amide bonds. The molecule has 1 unspecified atom stereocenters. The summed E-state index contributed by atoms with van der Waals surface area (Å²) >= 11 is 0. The highest BCUT2D eigenvalue weighted by Gasteiger charge is 2.25. The monoisotopic (exact) mass is 342 g/mol. The zero-order valence-electron chi connectivity index (χ0n) is 14.0. The van der Waals surface area contributed by atoms with Crippen LogP contribution in [0.3, 0.4) is 0 Å². The average molecular weight is 342 g/mol.